The summed E-state index contributed by atoms with van der Waals surface area (Å²) in [4.78, 5) is 0. The number of ether oxygens (including phenoxy) is 1. The fourth-order valence-corrected chi connectivity index (χ4v) is 2.65. The lowest BCUT2D eigenvalue weighted by Crippen LogP contribution is -2.21. The van der Waals surface area contributed by atoms with Gasteiger partial charge in [-0.25, -0.2) is 4.63 Å². The lowest BCUT2D eigenvalue weighted by Gasteiger charge is -2.18. The van der Waals surface area contributed by atoms with Gasteiger partial charge in [0.15, 0.2) is 0 Å². The highest BCUT2D eigenvalue weighted by molar-refractivity contribution is 6.32. The van der Waals surface area contributed by atoms with E-state index >= 15 is 0 Å². The monoisotopic (exact) mass is 293 g/mol. The normalized spacial score (nSPS) is 18.2. The maximum absolute atomic E-state index is 6.21. The van der Waals surface area contributed by atoms with Crippen LogP contribution >= 0.6 is 11.6 Å². The van der Waals surface area contributed by atoms with Gasteiger partial charge in [-0.3, -0.25) is 0 Å². The number of halogens is 1. The summed E-state index contributed by atoms with van der Waals surface area (Å²) in [5.41, 5.74) is 2.75. The van der Waals surface area contributed by atoms with Crippen LogP contribution in [0.5, 0.6) is 5.75 Å². The van der Waals surface area contributed by atoms with Crippen molar-refractivity contribution >= 4 is 11.6 Å². The molecule has 0 fully saturated rings. The molecule has 1 aromatic heterocycles. The van der Waals surface area contributed by atoms with Crippen LogP contribution < -0.4 is 10.1 Å². The number of nitrogens with one attached hydrogen (secondary N) is 1. The van der Waals surface area contributed by atoms with Crippen LogP contribution in [0.3, 0.4) is 0 Å². The van der Waals surface area contributed by atoms with E-state index in [0.717, 1.165) is 35.5 Å². The van der Waals surface area contributed by atoms with Gasteiger partial charge in [-0.2, -0.15) is 0 Å². The average Bonchev–Trinajstić information content (AvgIpc) is 2.73. The van der Waals surface area contributed by atoms with Crippen LogP contribution in [0, 0.1) is 6.92 Å². The van der Waals surface area contributed by atoms with Gasteiger partial charge in [-0.15, -0.1) is 0 Å². The Balaban J connectivity index is 1.80. The fraction of sp³-hybridized carbons (Fsp3) is 0.429. The van der Waals surface area contributed by atoms with Crippen LogP contribution in [-0.4, -0.2) is 16.9 Å². The molecule has 0 bridgehead atoms. The Morgan fingerprint density at radius 2 is 2.30 bits per heavy atom. The number of benzene rings is 1. The highest BCUT2D eigenvalue weighted by Gasteiger charge is 2.21. The van der Waals surface area contributed by atoms with Crippen LogP contribution in [-0.2, 0) is 6.54 Å². The van der Waals surface area contributed by atoms with Crippen LogP contribution in [0.1, 0.15) is 35.8 Å². The van der Waals surface area contributed by atoms with Gasteiger partial charge in [0.1, 0.15) is 17.1 Å². The van der Waals surface area contributed by atoms with Gasteiger partial charge in [0, 0.05) is 18.2 Å². The van der Waals surface area contributed by atoms with Crippen LogP contribution in [0.4, 0.5) is 0 Å². The molecule has 106 valence electrons. The summed E-state index contributed by atoms with van der Waals surface area (Å²) >= 11 is 6.21. The molecule has 20 heavy (non-hydrogen) atoms. The van der Waals surface area contributed by atoms with Crippen LogP contribution in [0.15, 0.2) is 22.8 Å². The molecule has 5 nitrogen and oxygen atoms in total. The molecule has 0 amide bonds. The zero-order valence-electron chi connectivity index (χ0n) is 11.2. The molecular formula is C14H16ClN3O2. The lowest BCUT2D eigenvalue weighted by atomic mass is 10.0. The third-order valence-electron chi connectivity index (χ3n) is 3.52. The number of nitrogens with zero attached hydrogens (tertiary/aromatic N) is 2. The summed E-state index contributed by atoms with van der Waals surface area (Å²) in [7, 11) is 0. The second-order valence-electron chi connectivity index (χ2n) is 4.88. The van der Waals surface area contributed by atoms with Crippen molar-refractivity contribution in [1.29, 1.82) is 0 Å². The van der Waals surface area contributed by atoms with Crippen molar-refractivity contribution in [2.45, 2.75) is 32.4 Å². The molecule has 2 heterocycles. The first-order valence-corrected chi connectivity index (χ1v) is 7.06. The fourth-order valence-electron chi connectivity index (χ4n) is 2.41. The third kappa shape index (κ3) is 2.64. The van der Waals surface area contributed by atoms with Crippen molar-refractivity contribution in [1.82, 2.24) is 15.6 Å². The Bertz CT molecular complexity index is 600. The van der Waals surface area contributed by atoms with E-state index in [-0.39, 0.29) is 6.04 Å². The Hall–Kier alpha value is -1.59. The van der Waals surface area contributed by atoms with E-state index < -0.39 is 0 Å². The SMILES string of the molecule is Cc1nonc1CNC1CCCOc2c(Cl)cccc21. The molecule has 1 N–H and O–H groups in total. The standard InChI is InChI=1S/C14H16ClN3O2/c1-9-13(18-20-17-9)8-16-12-6-3-7-19-14-10(12)4-2-5-11(14)15/h2,4-5,12,16H,3,6-8H2,1H3. The maximum atomic E-state index is 6.21. The molecule has 0 aliphatic carbocycles. The van der Waals surface area contributed by atoms with Gasteiger partial charge in [-0.1, -0.05) is 34.0 Å². The molecule has 3 rings (SSSR count). The average molecular weight is 294 g/mol. The molecule has 1 aliphatic rings. The lowest BCUT2D eigenvalue weighted by molar-refractivity contribution is 0.299. The number of hydrogen-bond acceptors (Lipinski definition) is 5. The van der Waals surface area contributed by atoms with E-state index in [1.54, 1.807) is 0 Å². The molecule has 0 spiro atoms. The van der Waals surface area contributed by atoms with Crippen molar-refractivity contribution in [3.8, 4) is 5.75 Å². The second kappa shape index (κ2) is 5.81. The molecule has 1 unspecified atom stereocenters. The Labute approximate surface area is 122 Å². The number of hydrogen-bond donors (Lipinski definition) is 1. The topological polar surface area (TPSA) is 60.2 Å². The van der Waals surface area contributed by atoms with Gasteiger partial charge in [0.2, 0.25) is 0 Å². The molecule has 6 heteroatoms. The van der Waals surface area contributed by atoms with Crippen molar-refractivity contribution in [3.63, 3.8) is 0 Å². The summed E-state index contributed by atoms with van der Waals surface area (Å²) in [6, 6.07) is 6.06. The summed E-state index contributed by atoms with van der Waals surface area (Å²) < 4.78 is 10.5. The predicted molar refractivity (Wildman–Crippen MR) is 74.8 cm³/mol. The largest absolute Gasteiger partial charge is 0.492 e. The molecule has 0 radical (unpaired) electrons. The quantitative estimate of drug-likeness (QED) is 0.942. The minimum Gasteiger partial charge on any atom is -0.492 e. The van der Waals surface area contributed by atoms with Crippen molar-refractivity contribution in [2.75, 3.05) is 6.61 Å². The molecule has 1 aromatic carbocycles. The number of rotatable bonds is 3. The smallest absolute Gasteiger partial charge is 0.142 e. The van der Waals surface area contributed by atoms with Crippen molar-refractivity contribution in [3.05, 3.63) is 40.2 Å². The van der Waals surface area contributed by atoms with Crippen molar-refractivity contribution in [2.24, 2.45) is 0 Å². The number of fused-ring (bicyclic) bond motifs is 1. The van der Waals surface area contributed by atoms with Crippen LogP contribution in [0.25, 0.3) is 0 Å². The summed E-state index contributed by atoms with van der Waals surface area (Å²) in [6.07, 6.45) is 1.98. The highest BCUT2D eigenvalue weighted by Crippen LogP contribution is 2.36. The van der Waals surface area contributed by atoms with Crippen LogP contribution in [0.2, 0.25) is 5.02 Å². The summed E-state index contributed by atoms with van der Waals surface area (Å²) in [5.74, 6) is 0.791. The first-order chi connectivity index (χ1) is 9.75. The molecule has 2 aromatic rings. The minimum absolute atomic E-state index is 0.197. The zero-order valence-corrected chi connectivity index (χ0v) is 12.0. The summed E-state index contributed by atoms with van der Waals surface area (Å²) in [5, 5.41) is 11.8. The van der Waals surface area contributed by atoms with E-state index in [4.69, 9.17) is 21.0 Å². The zero-order chi connectivity index (χ0) is 13.9. The van der Waals surface area contributed by atoms with E-state index in [1.165, 1.54) is 0 Å². The molecule has 0 saturated carbocycles. The second-order valence-corrected chi connectivity index (χ2v) is 5.29. The van der Waals surface area contributed by atoms with Gasteiger partial charge in [0.25, 0.3) is 0 Å². The molecule has 1 atom stereocenters. The number of aromatic nitrogens is 2. The first-order valence-electron chi connectivity index (χ1n) is 6.68. The maximum Gasteiger partial charge on any atom is 0.142 e. The van der Waals surface area contributed by atoms with Gasteiger partial charge in [0.05, 0.1) is 11.6 Å². The third-order valence-corrected chi connectivity index (χ3v) is 3.82. The van der Waals surface area contributed by atoms with E-state index in [1.807, 2.05) is 19.1 Å². The van der Waals surface area contributed by atoms with Crippen molar-refractivity contribution < 1.29 is 9.37 Å². The number of para-hydroxylation sites is 1. The first kappa shape index (κ1) is 13.4. The van der Waals surface area contributed by atoms with E-state index in [9.17, 15) is 0 Å². The Morgan fingerprint density at radius 1 is 1.40 bits per heavy atom. The van der Waals surface area contributed by atoms with E-state index in [2.05, 4.69) is 21.7 Å². The highest BCUT2D eigenvalue weighted by atomic mass is 35.5. The van der Waals surface area contributed by atoms with Gasteiger partial charge < -0.3 is 10.1 Å². The molecular weight excluding hydrogens is 278 g/mol. The Kier molecular flexibility index (Phi) is 3.89. The Morgan fingerprint density at radius 3 is 3.10 bits per heavy atom. The molecule has 0 saturated heterocycles. The number of aryl methyl sites for hydroxylation is 1. The molecule has 1 aliphatic heterocycles. The minimum atomic E-state index is 0.197. The van der Waals surface area contributed by atoms with Gasteiger partial charge >= 0.3 is 0 Å². The predicted octanol–water partition coefficient (Wildman–Crippen LogP) is 3.03. The van der Waals surface area contributed by atoms with E-state index in [0.29, 0.717) is 18.2 Å². The summed E-state index contributed by atoms with van der Waals surface area (Å²) in [6.45, 7) is 3.19. The van der Waals surface area contributed by atoms with Gasteiger partial charge in [-0.05, 0) is 25.8 Å².